The summed E-state index contributed by atoms with van der Waals surface area (Å²) in [5.41, 5.74) is 0. The zero-order chi connectivity index (χ0) is 8.27. The van der Waals surface area contributed by atoms with E-state index in [-0.39, 0.29) is 11.9 Å². The Morgan fingerprint density at radius 3 is 2.91 bits per heavy atom. The molecule has 0 aromatic heterocycles. The van der Waals surface area contributed by atoms with Crippen molar-refractivity contribution >= 4 is 5.97 Å². The van der Waals surface area contributed by atoms with E-state index < -0.39 is 6.10 Å². The average molecular weight is 159 g/mol. The minimum absolute atomic E-state index is 0.0300. The third-order valence-electron chi connectivity index (χ3n) is 1.96. The zero-order valence-corrected chi connectivity index (χ0v) is 6.54. The van der Waals surface area contributed by atoms with Gasteiger partial charge in [-0.15, -0.1) is 0 Å². The normalized spacial score (nSPS) is 30.4. The van der Waals surface area contributed by atoms with Crippen LogP contribution in [0, 0.1) is 5.92 Å². The van der Waals surface area contributed by atoms with Crippen LogP contribution in [-0.2, 0) is 9.53 Å². The lowest BCUT2D eigenvalue weighted by molar-refractivity contribution is -0.142. The molecule has 0 aliphatic carbocycles. The molecular weight excluding hydrogens is 146 g/mol. The van der Waals surface area contributed by atoms with Crippen LogP contribution in [0.15, 0.2) is 0 Å². The maximum absolute atomic E-state index is 10.8. The van der Waals surface area contributed by atoms with Crippen LogP contribution in [0.3, 0.4) is 0 Å². The van der Waals surface area contributed by atoms with Gasteiger partial charge in [0.05, 0.1) is 19.6 Å². The molecular formula is C7H13NO3. The molecule has 2 unspecified atom stereocenters. The van der Waals surface area contributed by atoms with Crippen molar-refractivity contribution in [3.63, 3.8) is 0 Å². The van der Waals surface area contributed by atoms with Crippen molar-refractivity contribution in [1.82, 2.24) is 5.32 Å². The number of carbonyl (C=O) groups is 1. The van der Waals surface area contributed by atoms with Crippen LogP contribution in [0.4, 0.5) is 0 Å². The number of rotatable bonds is 2. The van der Waals surface area contributed by atoms with Gasteiger partial charge in [0.1, 0.15) is 0 Å². The topological polar surface area (TPSA) is 58.6 Å². The Balaban J connectivity index is 2.30. The van der Waals surface area contributed by atoms with E-state index >= 15 is 0 Å². The van der Waals surface area contributed by atoms with Gasteiger partial charge in [-0.2, -0.15) is 0 Å². The van der Waals surface area contributed by atoms with Crippen molar-refractivity contribution in [2.24, 2.45) is 5.92 Å². The van der Waals surface area contributed by atoms with Crippen molar-refractivity contribution in [2.45, 2.75) is 12.5 Å². The maximum atomic E-state index is 10.8. The third kappa shape index (κ3) is 2.17. The molecule has 1 saturated heterocycles. The summed E-state index contributed by atoms with van der Waals surface area (Å²) in [5.74, 6) is -0.222. The van der Waals surface area contributed by atoms with Crippen LogP contribution in [-0.4, -0.2) is 37.4 Å². The first-order valence-electron chi connectivity index (χ1n) is 3.69. The van der Waals surface area contributed by atoms with Crippen molar-refractivity contribution in [2.75, 3.05) is 20.2 Å². The number of hydrogen-bond acceptors (Lipinski definition) is 4. The second kappa shape index (κ2) is 3.69. The standard InChI is InChI=1S/C7H13NO3/c1-11-7(10)2-5-3-8-4-6(5)9/h5-6,8-9H,2-4H2,1H3. The third-order valence-corrected chi connectivity index (χ3v) is 1.96. The van der Waals surface area contributed by atoms with E-state index in [0.717, 1.165) is 0 Å². The van der Waals surface area contributed by atoms with Crippen molar-refractivity contribution in [1.29, 1.82) is 0 Å². The van der Waals surface area contributed by atoms with Crippen LogP contribution in [0.2, 0.25) is 0 Å². The van der Waals surface area contributed by atoms with Crippen LogP contribution < -0.4 is 5.32 Å². The zero-order valence-electron chi connectivity index (χ0n) is 6.54. The molecule has 1 heterocycles. The van der Waals surface area contributed by atoms with Gasteiger partial charge in [0.25, 0.3) is 0 Å². The van der Waals surface area contributed by atoms with Crippen molar-refractivity contribution in [3.05, 3.63) is 0 Å². The first kappa shape index (κ1) is 8.49. The summed E-state index contributed by atoms with van der Waals surface area (Å²) in [6.45, 7) is 1.29. The Hall–Kier alpha value is -0.610. The molecule has 0 aromatic carbocycles. The minimum atomic E-state index is -0.394. The van der Waals surface area contributed by atoms with E-state index in [4.69, 9.17) is 0 Å². The molecule has 1 aliphatic heterocycles. The number of hydrogen-bond donors (Lipinski definition) is 2. The minimum Gasteiger partial charge on any atom is -0.469 e. The lowest BCUT2D eigenvalue weighted by Gasteiger charge is -2.10. The highest BCUT2D eigenvalue weighted by Crippen LogP contribution is 2.13. The monoisotopic (exact) mass is 159 g/mol. The molecule has 4 heteroatoms. The van der Waals surface area contributed by atoms with E-state index in [1.54, 1.807) is 0 Å². The first-order chi connectivity index (χ1) is 5.24. The molecule has 0 spiro atoms. The fraction of sp³-hybridized carbons (Fsp3) is 0.857. The molecule has 64 valence electrons. The SMILES string of the molecule is COC(=O)CC1CNCC1O. The van der Waals surface area contributed by atoms with Gasteiger partial charge in [-0.1, -0.05) is 0 Å². The summed E-state index contributed by atoms with van der Waals surface area (Å²) in [6.07, 6.45) is -0.0842. The molecule has 1 aliphatic rings. The lowest BCUT2D eigenvalue weighted by atomic mass is 10.0. The van der Waals surface area contributed by atoms with E-state index in [1.807, 2.05) is 0 Å². The Morgan fingerprint density at radius 2 is 2.45 bits per heavy atom. The molecule has 0 saturated carbocycles. The Kier molecular flexibility index (Phi) is 2.84. The highest BCUT2D eigenvalue weighted by molar-refractivity contribution is 5.69. The predicted octanol–water partition coefficient (Wildman–Crippen LogP) is -0.870. The molecule has 2 atom stereocenters. The predicted molar refractivity (Wildman–Crippen MR) is 39.0 cm³/mol. The summed E-state index contributed by atoms with van der Waals surface area (Å²) >= 11 is 0. The number of β-amino-alcohol motifs (C(OH)–C–C–N with tert-alkyl or cyclic N) is 1. The summed E-state index contributed by atoms with van der Waals surface area (Å²) in [6, 6.07) is 0. The molecule has 1 fully saturated rings. The highest BCUT2D eigenvalue weighted by atomic mass is 16.5. The van der Waals surface area contributed by atoms with Gasteiger partial charge in [0.15, 0.2) is 0 Å². The van der Waals surface area contributed by atoms with Gasteiger partial charge in [-0.05, 0) is 0 Å². The number of aliphatic hydroxyl groups is 1. The molecule has 11 heavy (non-hydrogen) atoms. The van der Waals surface area contributed by atoms with Crippen LogP contribution in [0.1, 0.15) is 6.42 Å². The van der Waals surface area contributed by atoms with Gasteiger partial charge in [0, 0.05) is 19.0 Å². The van der Waals surface area contributed by atoms with E-state index in [1.165, 1.54) is 7.11 Å². The van der Waals surface area contributed by atoms with Gasteiger partial charge in [0.2, 0.25) is 0 Å². The number of esters is 1. The highest BCUT2D eigenvalue weighted by Gasteiger charge is 2.27. The summed E-state index contributed by atoms with van der Waals surface area (Å²) < 4.78 is 4.48. The number of methoxy groups -OCH3 is 1. The smallest absolute Gasteiger partial charge is 0.305 e. The summed E-state index contributed by atoms with van der Waals surface area (Å²) in [5, 5.41) is 12.3. The quantitative estimate of drug-likeness (QED) is 0.514. The maximum Gasteiger partial charge on any atom is 0.305 e. The molecule has 0 aromatic rings. The largest absolute Gasteiger partial charge is 0.469 e. The fourth-order valence-electron chi connectivity index (χ4n) is 1.22. The van der Waals surface area contributed by atoms with Crippen LogP contribution in [0.25, 0.3) is 0 Å². The van der Waals surface area contributed by atoms with E-state index in [9.17, 15) is 9.90 Å². The van der Waals surface area contributed by atoms with Gasteiger partial charge in [-0.25, -0.2) is 0 Å². The van der Waals surface area contributed by atoms with Crippen molar-refractivity contribution in [3.8, 4) is 0 Å². The second-order valence-corrected chi connectivity index (χ2v) is 2.77. The van der Waals surface area contributed by atoms with Gasteiger partial charge in [-0.3, -0.25) is 4.79 Å². The number of nitrogens with one attached hydrogen (secondary N) is 1. The molecule has 0 radical (unpaired) electrons. The summed E-state index contributed by atoms with van der Waals surface area (Å²) in [7, 11) is 1.36. The number of aliphatic hydroxyl groups excluding tert-OH is 1. The van der Waals surface area contributed by atoms with Gasteiger partial charge >= 0.3 is 5.97 Å². The Labute approximate surface area is 65.5 Å². The Morgan fingerprint density at radius 1 is 1.73 bits per heavy atom. The number of carbonyl (C=O) groups excluding carboxylic acids is 1. The molecule has 2 N–H and O–H groups in total. The lowest BCUT2D eigenvalue weighted by Crippen LogP contribution is -2.21. The molecule has 0 bridgehead atoms. The van der Waals surface area contributed by atoms with Gasteiger partial charge < -0.3 is 15.2 Å². The molecule has 4 nitrogen and oxygen atoms in total. The second-order valence-electron chi connectivity index (χ2n) is 2.77. The van der Waals surface area contributed by atoms with Crippen molar-refractivity contribution < 1.29 is 14.6 Å². The molecule has 1 rings (SSSR count). The van der Waals surface area contributed by atoms with Crippen LogP contribution in [0.5, 0.6) is 0 Å². The molecule has 0 amide bonds. The first-order valence-corrected chi connectivity index (χ1v) is 3.69. The van der Waals surface area contributed by atoms with E-state index in [0.29, 0.717) is 19.5 Å². The number of ether oxygens (including phenoxy) is 1. The average Bonchev–Trinajstić information content (AvgIpc) is 2.37. The fourth-order valence-corrected chi connectivity index (χ4v) is 1.22. The summed E-state index contributed by atoms with van der Waals surface area (Å²) in [4.78, 5) is 10.8. The van der Waals surface area contributed by atoms with Crippen LogP contribution >= 0.6 is 0 Å². The van der Waals surface area contributed by atoms with E-state index in [2.05, 4.69) is 10.1 Å². The Bertz CT molecular complexity index is 149.